The molecular formula is C14H17N3OS. The van der Waals surface area contributed by atoms with Crippen LogP contribution in [0.4, 0.5) is 0 Å². The Morgan fingerprint density at radius 2 is 2.11 bits per heavy atom. The molecule has 0 saturated carbocycles. The Hall–Kier alpha value is -1.72. The number of likely N-dealkylation sites (N-methyl/N-ethyl adjacent to an activating group) is 1. The molecule has 1 aromatic heterocycles. The van der Waals surface area contributed by atoms with E-state index in [1.807, 2.05) is 37.3 Å². The topological polar surface area (TPSA) is 59.2 Å². The number of aryl methyl sites for hydroxylation is 1. The van der Waals surface area contributed by atoms with Gasteiger partial charge < -0.3 is 10.6 Å². The van der Waals surface area contributed by atoms with Crippen LogP contribution in [0.3, 0.4) is 0 Å². The molecule has 0 saturated heterocycles. The third-order valence-corrected chi connectivity index (χ3v) is 3.76. The molecule has 1 amide bonds. The molecule has 0 fully saturated rings. The second-order valence-corrected chi connectivity index (χ2v) is 5.75. The second-order valence-electron chi connectivity index (χ2n) is 4.43. The molecule has 0 unspecified atom stereocenters. The molecule has 0 aliphatic heterocycles. The van der Waals surface area contributed by atoms with E-state index in [-0.39, 0.29) is 5.91 Å². The highest BCUT2D eigenvalue weighted by molar-refractivity contribution is 7.11. The summed E-state index contributed by atoms with van der Waals surface area (Å²) >= 11 is 1.60. The number of rotatable bonds is 4. The lowest BCUT2D eigenvalue weighted by Gasteiger charge is -2.20. The largest absolute Gasteiger partial charge is 0.339 e. The molecule has 0 radical (unpaired) electrons. The van der Waals surface area contributed by atoms with Crippen molar-refractivity contribution >= 4 is 17.2 Å². The maximum Gasteiger partial charge on any atom is 0.244 e. The molecule has 1 atom stereocenters. The summed E-state index contributed by atoms with van der Waals surface area (Å²) < 4.78 is 0. The van der Waals surface area contributed by atoms with Gasteiger partial charge in [0.2, 0.25) is 5.91 Å². The van der Waals surface area contributed by atoms with E-state index in [4.69, 9.17) is 5.73 Å². The zero-order chi connectivity index (χ0) is 13.8. The Bertz CT molecular complexity index is 553. The van der Waals surface area contributed by atoms with E-state index in [9.17, 15) is 4.79 Å². The molecule has 100 valence electrons. The second kappa shape index (κ2) is 5.95. The Balaban J connectivity index is 2.03. The number of thiazole rings is 1. The van der Waals surface area contributed by atoms with Gasteiger partial charge in [0, 0.05) is 18.1 Å². The maximum atomic E-state index is 12.2. The fraction of sp³-hybridized carbons (Fsp3) is 0.286. The van der Waals surface area contributed by atoms with Crippen molar-refractivity contribution in [2.24, 2.45) is 5.73 Å². The number of carbonyl (C=O) groups excluding carboxylic acids is 1. The average molecular weight is 275 g/mol. The number of hydrogen-bond donors (Lipinski definition) is 1. The van der Waals surface area contributed by atoms with Crippen molar-refractivity contribution in [1.29, 1.82) is 0 Å². The summed E-state index contributed by atoms with van der Waals surface area (Å²) in [6, 6.07) is 8.80. The van der Waals surface area contributed by atoms with Crippen molar-refractivity contribution in [3.8, 4) is 0 Å². The summed E-state index contributed by atoms with van der Waals surface area (Å²) in [5, 5.41) is 1.00. The van der Waals surface area contributed by atoms with Crippen LogP contribution in [0.15, 0.2) is 36.5 Å². The molecule has 19 heavy (non-hydrogen) atoms. The average Bonchev–Trinajstić information content (AvgIpc) is 2.83. The van der Waals surface area contributed by atoms with Crippen molar-refractivity contribution in [2.45, 2.75) is 19.5 Å². The summed E-state index contributed by atoms with van der Waals surface area (Å²) in [6.45, 7) is 2.50. The summed E-state index contributed by atoms with van der Waals surface area (Å²) in [5.74, 6) is -0.0859. The Morgan fingerprint density at radius 1 is 1.42 bits per heavy atom. The lowest BCUT2D eigenvalue weighted by atomic mass is 10.1. The van der Waals surface area contributed by atoms with Gasteiger partial charge in [0.25, 0.3) is 0 Å². The molecule has 0 aliphatic rings. The minimum Gasteiger partial charge on any atom is -0.339 e. The van der Waals surface area contributed by atoms with Crippen LogP contribution in [0, 0.1) is 6.92 Å². The van der Waals surface area contributed by atoms with E-state index in [1.165, 1.54) is 0 Å². The summed E-state index contributed by atoms with van der Waals surface area (Å²) in [5.41, 5.74) is 6.83. The van der Waals surface area contributed by atoms with Crippen molar-refractivity contribution in [3.05, 3.63) is 52.0 Å². The van der Waals surface area contributed by atoms with Crippen LogP contribution in [-0.4, -0.2) is 22.8 Å². The first-order valence-corrected chi connectivity index (χ1v) is 6.86. The van der Waals surface area contributed by atoms with E-state index in [2.05, 4.69) is 4.98 Å². The maximum absolute atomic E-state index is 12.2. The molecule has 4 nitrogen and oxygen atoms in total. The van der Waals surface area contributed by atoms with Gasteiger partial charge in [-0.25, -0.2) is 4.98 Å². The molecular weight excluding hydrogens is 258 g/mol. The van der Waals surface area contributed by atoms with Gasteiger partial charge >= 0.3 is 0 Å². The first kappa shape index (κ1) is 13.7. The van der Waals surface area contributed by atoms with E-state index in [1.54, 1.807) is 29.5 Å². The molecule has 1 aromatic carbocycles. The van der Waals surface area contributed by atoms with Gasteiger partial charge in [-0.15, -0.1) is 11.3 Å². The van der Waals surface area contributed by atoms with Crippen molar-refractivity contribution < 1.29 is 4.79 Å². The van der Waals surface area contributed by atoms with Crippen LogP contribution in [0.25, 0.3) is 0 Å². The number of benzene rings is 1. The van der Waals surface area contributed by atoms with Gasteiger partial charge in [0.15, 0.2) is 0 Å². The number of carbonyl (C=O) groups is 1. The van der Waals surface area contributed by atoms with Gasteiger partial charge in [0.05, 0.1) is 11.6 Å². The van der Waals surface area contributed by atoms with Crippen LogP contribution in [0.1, 0.15) is 21.5 Å². The molecule has 0 aliphatic carbocycles. The number of nitrogens with two attached hydrogens (primary N) is 1. The number of nitrogens with zero attached hydrogens (tertiary/aromatic N) is 2. The Labute approximate surface area is 116 Å². The highest BCUT2D eigenvalue weighted by Crippen LogP contribution is 2.17. The standard InChI is InChI=1S/C14H17N3OS/c1-10-16-8-12(19-10)9-17(2)14(18)13(15)11-6-4-3-5-7-11/h3-8,13H,9,15H2,1-2H3/t13-/m0/s1. The lowest BCUT2D eigenvalue weighted by molar-refractivity contribution is -0.131. The quantitative estimate of drug-likeness (QED) is 0.929. The first-order valence-electron chi connectivity index (χ1n) is 6.04. The molecule has 2 N–H and O–H groups in total. The van der Waals surface area contributed by atoms with Gasteiger partial charge in [-0.3, -0.25) is 4.79 Å². The van der Waals surface area contributed by atoms with E-state index in [0.717, 1.165) is 15.4 Å². The van der Waals surface area contributed by atoms with Crippen LogP contribution in [0.2, 0.25) is 0 Å². The Morgan fingerprint density at radius 3 is 2.68 bits per heavy atom. The first-order chi connectivity index (χ1) is 9.08. The van der Waals surface area contributed by atoms with E-state index in [0.29, 0.717) is 6.54 Å². The van der Waals surface area contributed by atoms with Crippen LogP contribution >= 0.6 is 11.3 Å². The number of hydrogen-bond acceptors (Lipinski definition) is 4. The Kier molecular flexibility index (Phi) is 4.29. The van der Waals surface area contributed by atoms with Crippen molar-refractivity contribution in [1.82, 2.24) is 9.88 Å². The lowest BCUT2D eigenvalue weighted by Crippen LogP contribution is -2.35. The summed E-state index contributed by atoms with van der Waals surface area (Å²) in [6.07, 6.45) is 1.80. The fourth-order valence-electron chi connectivity index (χ4n) is 1.83. The molecule has 2 rings (SSSR count). The zero-order valence-corrected chi connectivity index (χ0v) is 11.9. The predicted octanol–water partition coefficient (Wildman–Crippen LogP) is 2.11. The third-order valence-electron chi connectivity index (χ3n) is 2.86. The van der Waals surface area contributed by atoms with Gasteiger partial charge in [-0.2, -0.15) is 0 Å². The zero-order valence-electron chi connectivity index (χ0n) is 11.0. The van der Waals surface area contributed by atoms with Gasteiger partial charge in [-0.05, 0) is 12.5 Å². The molecule has 1 heterocycles. The third kappa shape index (κ3) is 3.39. The van der Waals surface area contributed by atoms with Crippen molar-refractivity contribution in [3.63, 3.8) is 0 Å². The van der Waals surface area contributed by atoms with Gasteiger partial charge in [-0.1, -0.05) is 30.3 Å². The molecule has 2 aromatic rings. The summed E-state index contributed by atoms with van der Waals surface area (Å²) in [7, 11) is 1.76. The SMILES string of the molecule is Cc1ncc(CN(C)C(=O)[C@@H](N)c2ccccc2)s1. The van der Waals surface area contributed by atoms with E-state index >= 15 is 0 Å². The van der Waals surface area contributed by atoms with Crippen LogP contribution in [0.5, 0.6) is 0 Å². The monoisotopic (exact) mass is 275 g/mol. The molecule has 0 bridgehead atoms. The minimum atomic E-state index is -0.611. The minimum absolute atomic E-state index is 0.0859. The van der Waals surface area contributed by atoms with E-state index < -0.39 is 6.04 Å². The van der Waals surface area contributed by atoms with Gasteiger partial charge in [0.1, 0.15) is 6.04 Å². The molecule has 0 spiro atoms. The smallest absolute Gasteiger partial charge is 0.244 e. The van der Waals surface area contributed by atoms with Crippen LogP contribution in [-0.2, 0) is 11.3 Å². The number of aromatic nitrogens is 1. The fourth-order valence-corrected chi connectivity index (χ4v) is 2.68. The van der Waals surface area contributed by atoms with Crippen LogP contribution < -0.4 is 5.73 Å². The normalized spacial score (nSPS) is 12.2. The predicted molar refractivity (Wildman–Crippen MR) is 76.7 cm³/mol. The highest BCUT2D eigenvalue weighted by atomic mass is 32.1. The molecule has 5 heteroatoms. The highest BCUT2D eigenvalue weighted by Gasteiger charge is 2.20. The number of amides is 1. The van der Waals surface area contributed by atoms with Crippen molar-refractivity contribution in [2.75, 3.05) is 7.05 Å². The summed E-state index contributed by atoms with van der Waals surface area (Å²) in [4.78, 5) is 19.1.